The van der Waals surface area contributed by atoms with Crippen molar-refractivity contribution in [2.24, 2.45) is 0 Å². The van der Waals surface area contributed by atoms with Gasteiger partial charge >= 0.3 is 0 Å². The van der Waals surface area contributed by atoms with E-state index in [2.05, 4.69) is 16.0 Å². The average molecular weight is 446 g/mol. The molecule has 0 saturated carbocycles. The Labute approximate surface area is 182 Å². The molecule has 6 nitrogen and oxygen atoms in total. The fourth-order valence-corrected chi connectivity index (χ4v) is 5.36. The molecular formula is C22H27N3O3S2. The summed E-state index contributed by atoms with van der Waals surface area (Å²) in [6, 6.07) is 12.4. The topological polar surface area (TPSA) is 70.6 Å². The predicted octanol–water partition coefficient (Wildman–Crippen LogP) is 4.00. The fraction of sp³-hybridized carbons (Fsp3) is 0.364. The van der Waals surface area contributed by atoms with E-state index in [1.165, 1.54) is 17.4 Å². The van der Waals surface area contributed by atoms with Crippen molar-refractivity contribution in [1.82, 2.24) is 9.88 Å². The number of amides is 1. The molecule has 8 heteroatoms. The monoisotopic (exact) mass is 445 g/mol. The van der Waals surface area contributed by atoms with Crippen molar-refractivity contribution in [3.8, 4) is 0 Å². The number of fused-ring (bicyclic) bond motifs is 1. The van der Waals surface area contributed by atoms with Gasteiger partial charge in [-0.1, -0.05) is 36.5 Å². The van der Waals surface area contributed by atoms with Gasteiger partial charge in [-0.3, -0.25) is 9.69 Å². The molecule has 0 unspecified atom stereocenters. The molecule has 30 heavy (non-hydrogen) atoms. The van der Waals surface area contributed by atoms with Gasteiger partial charge in [-0.2, -0.15) is 0 Å². The first-order chi connectivity index (χ1) is 14.2. The van der Waals surface area contributed by atoms with Gasteiger partial charge in [-0.15, -0.1) is 0 Å². The van der Waals surface area contributed by atoms with Crippen LogP contribution < -0.4 is 4.90 Å². The first-order valence-electron chi connectivity index (χ1n) is 9.88. The lowest BCUT2D eigenvalue weighted by atomic mass is 10.2. The molecule has 3 rings (SSSR count). The van der Waals surface area contributed by atoms with Crippen LogP contribution in [0.3, 0.4) is 0 Å². The highest BCUT2D eigenvalue weighted by molar-refractivity contribution is 7.91. The molecule has 0 radical (unpaired) electrons. The molecule has 0 atom stereocenters. The van der Waals surface area contributed by atoms with Crippen LogP contribution in [0.4, 0.5) is 5.13 Å². The van der Waals surface area contributed by atoms with Gasteiger partial charge in [-0.05, 0) is 63.8 Å². The standard InChI is InChI=1S/C22H27N3O3S2/c1-5-30(27,28)20-10-7-6-9-17(20)21(26)25(14-8-13-24(3)4)22-23-18-12-11-16(2)15-19(18)29-22/h6-7,9-12,15H,5,8,13-14H2,1-4H3. The van der Waals surface area contributed by atoms with Crippen LogP contribution in [-0.4, -0.2) is 57.1 Å². The zero-order valence-corrected chi connectivity index (χ0v) is 19.4. The molecule has 0 aliphatic heterocycles. The second-order valence-corrected chi connectivity index (χ2v) is 10.7. The SMILES string of the molecule is CCS(=O)(=O)c1ccccc1C(=O)N(CCCN(C)C)c1nc2ccc(C)cc2s1. The quantitative estimate of drug-likeness (QED) is 0.524. The Morgan fingerprint density at radius 2 is 1.83 bits per heavy atom. The number of nitrogens with zero attached hydrogens (tertiary/aromatic N) is 3. The minimum atomic E-state index is -3.53. The molecule has 0 saturated heterocycles. The number of carbonyl (C=O) groups excluding carboxylic acids is 1. The first-order valence-corrected chi connectivity index (χ1v) is 12.4. The number of sulfone groups is 1. The zero-order valence-electron chi connectivity index (χ0n) is 17.8. The molecule has 0 bridgehead atoms. The van der Waals surface area contributed by atoms with Gasteiger partial charge in [-0.25, -0.2) is 13.4 Å². The summed E-state index contributed by atoms with van der Waals surface area (Å²) in [6.07, 6.45) is 0.746. The van der Waals surface area contributed by atoms with Crippen molar-refractivity contribution in [1.29, 1.82) is 0 Å². The maximum absolute atomic E-state index is 13.6. The number of anilines is 1. The van der Waals surface area contributed by atoms with Gasteiger partial charge in [0.15, 0.2) is 15.0 Å². The highest BCUT2D eigenvalue weighted by Gasteiger charge is 2.27. The van der Waals surface area contributed by atoms with Crippen LogP contribution in [0.5, 0.6) is 0 Å². The third-order valence-corrected chi connectivity index (χ3v) is 7.66. The third kappa shape index (κ3) is 4.88. The Morgan fingerprint density at radius 1 is 1.10 bits per heavy atom. The molecule has 0 spiro atoms. The Morgan fingerprint density at radius 3 is 2.53 bits per heavy atom. The lowest BCUT2D eigenvalue weighted by molar-refractivity contribution is 0.0983. The molecule has 0 aliphatic carbocycles. The molecule has 1 aromatic heterocycles. The van der Waals surface area contributed by atoms with E-state index in [9.17, 15) is 13.2 Å². The Bertz CT molecular complexity index is 1150. The van der Waals surface area contributed by atoms with Gasteiger partial charge in [0.2, 0.25) is 0 Å². The number of hydrogen-bond donors (Lipinski definition) is 0. The summed E-state index contributed by atoms with van der Waals surface area (Å²) in [4.78, 5) is 22.0. The lowest BCUT2D eigenvalue weighted by Gasteiger charge is -2.22. The normalized spacial score (nSPS) is 11.9. The van der Waals surface area contributed by atoms with Gasteiger partial charge in [0.05, 0.1) is 26.4 Å². The summed E-state index contributed by atoms with van der Waals surface area (Å²) >= 11 is 1.45. The maximum Gasteiger partial charge on any atom is 0.261 e. The molecule has 2 aromatic carbocycles. The van der Waals surface area contributed by atoms with Gasteiger partial charge < -0.3 is 4.90 Å². The maximum atomic E-state index is 13.6. The van der Waals surface area contributed by atoms with Gasteiger partial charge in [0.1, 0.15) is 0 Å². The zero-order chi connectivity index (χ0) is 21.9. The van der Waals surface area contributed by atoms with E-state index in [4.69, 9.17) is 0 Å². The van der Waals surface area contributed by atoms with Gasteiger partial charge in [0.25, 0.3) is 5.91 Å². The van der Waals surface area contributed by atoms with Crippen molar-refractivity contribution in [2.75, 3.05) is 37.8 Å². The van der Waals surface area contributed by atoms with Crippen LogP contribution in [0, 0.1) is 6.92 Å². The van der Waals surface area contributed by atoms with Crippen molar-refractivity contribution >= 4 is 42.4 Å². The minimum Gasteiger partial charge on any atom is -0.309 e. The number of aromatic nitrogens is 1. The van der Waals surface area contributed by atoms with E-state index in [1.807, 2.05) is 33.2 Å². The van der Waals surface area contributed by atoms with Crippen LogP contribution in [0.2, 0.25) is 0 Å². The Balaban J connectivity index is 2.05. The van der Waals surface area contributed by atoms with E-state index < -0.39 is 9.84 Å². The molecular weight excluding hydrogens is 418 g/mol. The first kappa shape index (κ1) is 22.4. The van der Waals surface area contributed by atoms with E-state index in [1.54, 1.807) is 30.0 Å². The average Bonchev–Trinajstić information content (AvgIpc) is 3.13. The number of carbonyl (C=O) groups is 1. The van der Waals surface area contributed by atoms with Crippen molar-refractivity contribution in [3.05, 3.63) is 53.6 Å². The van der Waals surface area contributed by atoms with Gasteiger partial charge in [0, 0.05) is 6.54 Å². The smallest absolute Gasteiger partial charge is 0.261 e. The number of rotatable bonds is 8. The molecule has 0 aliphatic rings. The van der Waals surface area contributed by atoms with E-state index in [0.29, 0.717) is 11.7 Å². The van der Waals surface area contributed by atoms with Crippen LogP contribution >= 0.6 is 11.3 Å². The van der Waals surface area contributed by atoms with E-state index in [0.717, 1.165) is 28.7 Å². The molecule has 0 fully saturated rings. The number of thiazole rings is 1. The summed E-state index contributed by atoms with van der Waals surface area (Å²) in [5.41, 5.74) is 2.16. The summed E-state index contributed by atoms with van der Waals surface area (Å²) in [7, 11) is 0.437. The number of aryl methyl sites for hydroxylation is 1. The van der Waals surface area contributed by atoms with E-state index in [-0.39, 0.29) is 22.1 Å². The summed E-state index contributed by atoms with van der Waals surface area (Å²) in [5.74, 6) is -0.393. The second kappa shape index (κ2) is 9.24. The largest absolute Gasteiger partial charge is 0.309 e. The predicted molar refractivity (Wildman–Crippen MR) is 123 cm³/mol. The summed E-state index contributed by atoms with van der Waals surface area (Å²) in [5, 5.41) is 0.586. The highest BCUT2D eigenvalue weighted by Crippen LogP contribution is 2.31. The Kier molecular flexibility index (Phi) is 6.90. The van der Waals surface area contributed by atoms with E-state index >= 15 is 0 Å². The van der Waals surface area contributed by atoms with Crippen LogP contribution in [0.25, 0.3) is 10.2 Å². The molecule has 1 heterocycles. The van der Waals surface area contributed by atoms with Crippen LogP contribution in [0.15, 0.2) is 47.4 Å². The lowest BCUT2D eigenvalue weighted by Crippen LogP contribution is -2.34. The minimum absolute atomic E-state index is 0.0572. The van der Waals surface area contributed by atoms with Crippen molar-refractivity contribution in [2.45, 2.75) is 25.2 Å². The molecule has 160 valence electrons. The number of hydrogen-bond acceptors (Lipinski definition) is 6. The van der Waals surface area contributed by atoms with Crippen molar-refractivity contribution < 1.29 is 13.2 Å². The van der Waals surface area contributed by atoms with Crippen LogP contribution in [-0.2, 0) is 9.84 Å². The number of benzene rings is 2. The highest BCUT2D eigenvalue weighted by atomic mass is 32.2. The third-order valence-electron chi connectivity index (χ3n) is 4.83. The molecule has 3 aromatic rings. The fourth-order valence-electron chi connectivity index (χ4n) is 3.18. The Hall–Kier alpha value is -2.29. The summed E-state index contributed by atoms with van der Waals surface area (Å²) < 4.78 is 26.2. The molecule has 1 amide bonds. The second-order valence-electron chi connectivity index (χ2n) is 7.48. The summed E-state index contributed by atoms with van der Waals surface area (Å²) in [6.45, 7) is 4.87. The molecule has 0 N–H and O–H groups in total. The van der Waals surface area contributed by atoms with Crippen LogP contribution in [0.1, 0.15) is 29.3 Å². The van der Waals surface area contributed by atoms with Crippen molar-refractivity contribution in [3.63, 3.8) is 0 Å².